The maximum Gasteiger partial charge on any atom is 0.313 e. The van der Waals surface area contributed by atoms with E-state index in [0.717, 1.165) is 51.4 Å². The van der Waals surface area contributed by atoms with Gasteiger partial charge in [0.15, 0.2) is 0 Å². The van der Waals surface area contributed by atoms with Crippen molar-refractivity contribution < 1.29 is 14.7 Å². The van der Waals surface area contributed by atoms with E-state index in [2.05, 4.69) is 47.6 Å². The first kappa shape index (κ1) is 22.7. The van der Waals surface area contributed by atoms with E-state index < -0.39 is 11.4 Å². The maximum absolute atomic E-state index is 12.7. The number of hydrogen-bond donors (Lipinski definition) is 1. The van der Waals surface area contributed by atoms with E-state index in [-0.39, 0.29) is 27.6 Å². The molecule has 0 aromatic carbocycles. The van der Waals surface area contributed by atoms with E-state index in [9.17, 15) is 14.7 Å². The molecule has 4 saturated carbocycles. The SMILES string of the molecule is CC1C(=O)CCC2(C)C1CCC1(C)C2CCC2C3=CC(C)(C)CCC3(C(=O)O)CCC21C. The Hall–Kier alpha value is -1.12. The Balaban J connectivity index is 1.58. The molecule has 5 aliphatic carbocycles. The number of carbonyl (C=O) groups excluding carboxylic acids is 1. The fourth-order valence-corrected chi connectivity index (χ4v) is 10.1. The summed E-state index contributed by atoms with van der Waals surface area (Å²) in [6.45, 7) is 14.4. The van der Waals surface area contributed by atoms with Crippen molar-refractivity contribution in [2.75, 3.05) is 0 Å². The molecule has 32 heavy (non-hydrogen) atoms. The van der Waals surface area contributed by atoms with Crippen LogP contribution in [0.3, 0.4) is 0 Å². The summed E-state index contributed by atoms with van der Waals surface area (Å²) in [5.74, 6) is 1.66. The van der Waals surface area contributed by atoms with Crippen LogP contribution in [0.4, 0.5) is 0 Å². The fourth-order valence-electron chi connectivity index (χ4n) is 10.1. The Labute approximate surface area is 194 Å². The number of fused-ring (bicyclic) bond motifs is 7. The van der Waals surface area contributed by atoms with Gasteiger partial charge < -0.3 is 5.11 Å². The molecule has 0 aromatic heterocycles. The lowest BCUT2D eigenvalue weighted by molar-refractivity contribution is -0.204. The molecule has 8 atom stereocenters. The van der Waals surface area contributed by atoms with Crippen LogP contribution in [0.15, 0.2) is 11.6 Å². The van der Waals surface area contributed by atoms with Crippen molar-refractivity contribution in [1.29, 1.82) is 0 Å². The largest absolute Gasteiger partial charge is 0.481 e. The van der Waals surface area contributed by atoms with E-state index in [1.54, 1.807) is 0 Å². The van der Waals surface area contributed by atoms with Gasteiger partial charge in [-0.1, -0.05) is 53.2 Å². The average molecular weight is 441 g/mol. The Kier molecular flexibility index (Phi) is 4.76. The molecule has 0 aliphatic heterocycles. The Morgan fingerprint density at radius 1 is 0.906 bits per heavy atom. The third-order valence-corrected chi connectivity index (χ3v) is 12.4. The summed E-state index contributed by atoms with van der Waals surface area (Å²) in [5, 5.41) is 10.4. The third kappa shape index (κ3) is 2.66. The van der Waals surface area contributed by atoms with Crippen LogP contribution in [0.25, 0.3) is 0 Å². The van der Waals surface area contributed by atoms with Gasteiger partial charge in [0.05, 0.1) is 5.41 Å². The van der Waals surface area contributed by atoms with Crippen LogP contribution >= 0.6 is 0 Å². The Morgan fingerprint density at radius 3 is 2.28 bits per heavy atom. The molecule has 0 amide bonds. The summed E-state index contributed by atoms with van der Waals surface area (Å²) in [7, 11) is 0. The van der Waals surface area contributed by atoms with Crippen molar-refractivity contribution in [1.82, 2.24) is 0 Å². The van der Waals surface area contributed by atoms with E-state index in [4.69, 9.17) is 0 Å². The number of rotatable bonds is 1. The summed E-state index contributed by atoms with van der Waals surface area (Å²) in [4.78, 5) is 25.3. The number of ketones is 1. The molecule has 4 fully saturated rings. The van der Waals surface area contributed by atoms with Gasteiger partial charge in [-0.3, -0.25) is 9.59 Å². The second kappa shape index (κ2) is 6.72. The Morgan fingerprint density at radius 2 is 1.59 bits per heavy atom. The molecule has 0 heterocycles. The van der Waals surface area contributed by atoms with Crippen LogP contribution in [0.1, 0.15) is 106 Å². The lowest BCUT2D eigenvalue weighted by atomic mass is 9.33. The van der Waals surface area contributed by atoms with E-state index in [1.807, 2.05) is 0 Å². The monoisotopic (exact) mass is 440 g/mol. The van der Waals surface area contributed by atoms with E-state index >= 15 is 0 Å². The molecule has 1 N–H and O–H groups in total. The zero-order valence-corrected chi connectivity index (χ0v) is 21.2. The summed E-state index contributed by atoms with van der Waals surface area (Å²) in [6.07, 6.45) is 12.5. The van der Waals surface area contributed by atoms with Gasteiger partial charge in [0.1, 0.15) is 5.78 Å². The van der Waals surface area contributed by atoms with Crippen molar-refractivity contribution in [2.24, 2.45) is 50.7 Å². The number of carbonyl (C=O) groups is 2. The second-order valence-electron chi connectivity index (χ2n) is 13.9. The minimum atomic E-state index is -0.629. The summed E-state index contributed by atoms with van der Waals surface area (Å²) < 4.78 is 0. The standard InChI is InChI=1S/C29H44O3/c1-18-19-9-12-28(6)23(26(19,4)11-10-22(18)30)8-7-20-21-17-25(2,3)13-15-29(21,24(31)32)16-14-27(20,28)5/h17-20,23H,7-16H2,1-6H3,(H,31,32). The molecule has 0 radical (unpaired) electrons. The molecule has 0 aromatic rings. The van der Waals surface area contributed by atoms with Gasteiger partial charge in [0.2, 0.25) is 0 Å². The summed E-state index contributed by atoms with van der Waals surface area (Å²) >= 11 is 0. The van der Waals surface area contributed by atoms with Crippen LogP contribution in [-0.2, 0) is 9.59 Å². The highest BCUT2D eigenvalue weighted by molar-refractivity contribution is 5.82. The Bertz CT molecular complexity index is 885. The minimum absolute atomic E-state index is 0.0904. The normalized spacial score (nSPS) is 52.1. The number of allylic oxidation sites excluding steroid dienone is 1. The summed E-state index contributed by atoms with van der Waals surface area (Å²) in [5.41, 5.74) is 1.36. The molecule has 3 heteroatoms. The van der Waals surface area contributed by atoms with E-state index in [0.29, 0.717) is 23.5 Å². The first-order valence-corrected chi connectivity index (χ1v) is 13.3. The van der Waals surface area contributed by atoms with Gasteiger partial charge in [-0.2, -0.15) is 0 Å². The van der Waals surface area contributed by atoms with Gasteiger partial charge in [0.25, 0.3) is 0 Å². The fraction of sp³-hybridized carbons (Fsp3) is 0.862. The number of aliphatic carboxylic acids is 1. The van der Waals surface area contributed by atoms with Crippen molar-refractivity contribution in [3.8, 4) is 0 Å². The van der Waals surface area contributed by atoms with Crippen molar-refractivity contribution >= 4 is 11.8 Å². The molecule has 0 saturated heterocycles. The van der Waals surface area contributed by atoms with Crippen LogP contribution in [0.5, 0.6) is 0 Å². The highest BCUT2D eigenvalue weighted by Crippen LogP contribution is 2.75. The van der Waals surface area contributed by atoms with Gasteiger partial charge >= 0.3 is 5.97 Å². The topological polar surface area (TPSA) is 54.4 Å². The van der Waals surface area contributed by atoms with Gasteiger partial charge in [-0.25, -0.2) is 0 Å². The number of carboxylic acid groups (broad SMARTS) is 1. The van der Waals surface area contributed by atoms with Gasteiger partial charge in [0, 0.05) is 12.3 Å². The predicted molar refractivity (Wildman–Crippen MR) is 127 cm³/mol. The zero-order chi connectivity index (χ0) is 23.3. The van der Waals surface area contributed by atoms with Crippen LogP contribution in [0.2, 0.25) is 0 Å². The van der Waals surface area contributed by atoms with Gasteiger partial charge in [-0.05, 0) is 97.2 Å². The van der Waals surface area contributed by atoms with E-state index in [1.165, 1.54) is 18.4 Å². The second-order valence-corrected chi connectivity index (χ2v) is 13.9. The quantitative estimate of drug-likeness (QED) is 0.444. The molecule has 8 unspecified atom stereocenters. The van der Waals surface area contributed by atoms with Crippen LogP contribution < -0.4 is 0 Å². The van der Waals surface area contributed by atoms with Crippen LogP contribution in [0, 0.1) is 50.7 Å². The molecule has 5 aliphatic rings. The molecular weight excluding hydrogens is 396 g/mol. The van der Waals surface area contributed by atoms with Crippen LogP contribution in [-0.4, -0.2) is 16.9 Å². The molecule has 0 spiro atoms. The van der Waals surface area contributed by atoms with Crippen molar-refractivity contribution in [2.45, 2.75) is 106 Å². The molecule has 5 rings (SSSR count). The van der Waals surface area contributed by atoms with Crippen molar-refractivity contribution in [3.63, 3.8) is 0 Å². The first-order valence-electron chi connectivity index (χ1n) is 13.3. The average Bonchev–Trinajstić information content (AvgIpc) is 2.71. The number of Topliss-reactive ketones (excluding diaryl/α,β-unsaturated/α-hetero) is 1. The highest BCUT2D eigenvalue weighted by atomic mass is 16.4. The molecule has 0 bridgehead atoms. The predicted octanol–water partition coefficient (Wildman–Crippen LogP) is 7.05. The maximum atomic E-state index is 12.7. The summed E-state index contributed by atoms with van der Waals surface area (Å²) in [6, 6.07) is 0. The van der Waals surface area contributed by atoms with Gasteiger partial charge in [-0.15, -0.1) is 0 Å². The highest BCUT2D eigenvalue weighted by Gasteiger charge is 2.68. The zero-order valence-electron chi connectivity index (χ0n) is 21.2. The first-order chi connectivity index (χ1) is 14.8. The number of hydrogen-bond acceptors (Lipinski definition) is 2. The third-order valence-electron chi connectivity index (χ3n) is 12.4. The lowest BCUT2D eigenvalue weighted by Crippen LogP contribution is -2.64. The molecule has 3 nitrogen and oxygen atoms in total. The number of carboxylic acids is 1. The smallest absolute Gasteiger partial charge is 0.313 e. The lowest BCUT2D eigenvalue weighted by Gasteiger charge is -2.71. The molecular formula is C29H44O3. The van der Waals surface area contributed by atoms with Crippen molar-refractivity contribution in [3.05, 3.63) is 11.6 Å². The minimum Gasteiger partial charge on any atom is -0.481 e. The molecule has 178 valence electrons.